The van der Waals surface area contributed by atoms with Gasteiger partial charge in [0.15, 0.2) is 5.84 Å². The van der Waals surface area contributed by atoms with Gasteiger partial charge in [-0.15, -0.1) is 0 Å². The highest BCUT2D eigenvalue weighted by Gasteiger charge is 2.18. The van der Waals surface area contributed by atoms with E-state index in [1.165, 1.54) is 12.1 Å². The van der Waals surface area contributed by atoms with Gasteiger partial charge in [-0.2, -0.15) is 11.8 Å². The van der Waals surface area contributed by atoms with E-state index >= 15 is 0 Å². The maximum Gasteiger partial charge on any atom is 0.224 e. The second kappa shape index (κ2) is 7.31. The van der Waals surface area contributed by atoms with Gasteiger partial charge in [0.05, 0.1) is 5.69 Å². The van der Waals surface area contributed by atoms with Crippen LogP contribution in [0.2, 0.25) is 0 Å². The summed E-state index contributed by atoms with van der Waals surface area (Å²) >= 11 is 1.90. The Morgan fingerprint density at radius 2 is 2.19 bits per heavy atom. The Balaban J connectivity index is 1.97. The average Bonchev–Trinajstić information content (AvgIpc) is 2.49. The molecular formula is C14H18FN3O2S. The van der Waals surface area contributed by atoms with Crippen LogP contribution >= 0.6 is 11.8 Å². The largest absolute Gasteiger partial charge is 0.409 e. The van der Waals surface area contributed by atoms with Crippen molar-refractivity contribution in [1.29, 1.82) is 0 Å². The van der Waals surface area contributed by atoms with Crippen LogP contribution in [0.15, 0.2) is 23.4 Å². The first-order valence-electron chi connectivity index (χ1n) is 6.75. The third-order valence-corrected chi connectivity index (χ3v) is 4.51. The molecule has 0 unspecified atom stereocenters. The zero-order valence-corrected chi connectivity index (χ0v) is 12.3. The number of amides is 1. The van der Waals surface area contributed by atoms with Gasteiger partial charge >= 0.3 is 0 Å². The summed E-state index contributed by atoms with van der Waals surface area (Å²) < 4.78 is 13.9. The van der Waals surface area contributed by atoms with Crippen molar-refractivity contribution in [3.63, 3.8) is 0 Å². The summed E-state index contributed by atoms with van der Waals surface area (Å²) in [6.07, 6.45) is 2.48. The lowest BCUT2D eigenvalue weighted by Gasteiger charge is -2.20. The molecule has 0 aliphatic carbocycles. The van der Waals surface area contributed by atoms with E-state index in [2.05, 4.69) is 10.5 Å². The van der Waals surface area contributed by atoms with Crippen LogP contribution in [0.4, 0.5) is 10.1 Å². The Bertz CT molecular complexity index is 545. The zero-order chi connectivity index (χ0) is 15.2. The number of anilines is 1. The van der Waals surface area contributed by atoms with E-state index in [4.69, 9.17) is 10.9 Å². The standard InChI is InChI=1S/C14H18FN3O2S/c15-11-8-10(14(16)18-20)1-2-12(11)17-13(19)7-9-3-5-21-6-4-9/h1-2,8-9,20H,3-7H2,(H2,16,18)(H,17,19). The number of hydrogen-bond donors (Lipinski definition) is 3. The van der Waals surface area contributed by atoms with Crippen molar-refractivity contribution in [3.8, 4) is 0 Å². The van der Waals surface area contributed by atoms with Gasteiger partial charge in [0.2, 0.25) is 5.91 Å². The van der Waals surface area contributed by atoms with Gasteiger partial charge in [-0.3, -0.25) is 4.79 Å². The monoisotopic (exact) mass is 311 g/mol. The van der Waals surface area contributed by atoms with E-state index < -0.39 is 5.82 Å². The van der Waals surface area contributed by atoms with Crippen molar-refractivity contribution in [2.75, 3.05) is 16.8 Å². The Labute approximate surface area is 126 Å². The Kier molecular flexibility index (Phi) is 5.44. The number of nitrogens with one attached hydrogen (secondary N) is 1. The van der Waals surface area contributed by atoms with Gasteiger partial charge in [0.1, 0.15) is 5.82 Å². The fraction of sp³-hybridized carbons (Fsp3) is 0.429. The molecule has 1 aromatic carbocycles. The Morgan fingerprint density at radius 3 is 2.81 bits per heavy atom. The number of rotatable bonds is 4. The first kappa shape index (κ1) is 15.6. The first-order chi connectivity index (χ1) is 10.1. The highest BCUT2D eigenvalue weighted by atomic mass is 32.2. The molecule has 4 N–H and O–H groups in total. The number of hydrogen-bond acceptors (Lipinski definition) is 4. The number of amidine groups is 1. The molecule has 1 heterocycles. The van der Waals surface area contributed by atoms with Crippen LogP contribution in [0.25, 0.3) is 0 Å². The second-order valence-corrected chi connectivity index (χ2v) is 6.21. The highest BCUT2D eigenvalue weighted by molar-refractivity contribution is 7.99. The van der Waals surface area contributed by atoms with Crippen molar-refractivity contribution in [1.82, 2.24) is 0 Å². The molecule has 1 fully saturated rings. The summed E-state index contributed by atoms with van der Waals surface area (Å²) in [6, 6.07) is 4.03. The lowest BCUT2D eigenvalue weighted by atomic mass is 9.98. The number of oxime groups is 1. The summed E-state index contributed by atoms with van der Waals surface area (Å²) in [5.41, 5.74) is 5.75. The summed E-state index contributed by atoms with van der Waals surface area (Å²) in [6.45, 7) is 0. The van der Waals surface area contributed by atoms with Crippen LogP contribution in [0, 0.1) is 11.7 Å². The van der Waals surface area contributed by atoms with Gasteiger partial charge in [0.25, 0.3) is 0 Å². The van der Waals surface area contributed by atoms with Gasteiger partial charge in [-0.1, -0.05) is 5.16 Å². The molecule has 0 aromatic heterocycles. The quantitative estimate of drug-likeness (QED) is 0.345. The molecule has 0 atom stereocenters. The van der Waals surface area contributed by atoms with E-state index in [9.17, 15) is 9.18 Å². The first-order valence-corrected chi connectivity index (χ1v) is 7.90. The van der Waals surface area contributed by atoms with Crippen molar-refractivity contribution in [3.05, 3.63) is 29.6 Å². The molecule has 2 rings (SSSR count). The third kappa shape index (κ3) is 4.35. The lowest BCUT2D eigenvalue weighted by Crippen LogP contribution is -2.20. The highest BCUT2D eigenvalue weighted by Crippen LogP contribution is 2.26. The van der Waals surface area contributed by atoms with Crippen LogP contribution in [0.1, 0.15) is 24.8 Å². The van der Waals surface area contributed by atoms with Gasteiger partial charge in [0, 0.05) is 12.0 Å². The minimum absolute atomic E-state index is 0.111. The smallest absolute Gasteiger partial charge is 0.224 e. The van der Waals surface area contributed by atoms with E-state index in [1.807, 2.05) is 11.8 Å². The molecular weight excluding hydrogens is 293 g/mol. The molecule has 1 aliphatic rings. The van der Waals surface area contributed by atoms with Gasteiger partial charge in [-0.25, -0.2) is 4.39 Å². The normalized spacial score (nSPS) is 16.7. The number of nitrogens with two attached hydrogens (primary N) is 1. The van der Waals surface area contributed by atoms with Gasteiger partial charge < -0.3 is 16.3 Å². The van der Waals surface area contributed by atoms with Gasteiger partial charge in [-0.05, 0) is 48.5 Å². The fourth-order valence-electron chi connectivity index (χ4n) is 2.25. The lowest BCUT2D eigenvalue weighted by molar-refractivity contribution is -0.117. The number of carbonyl (C=O) groups is 1. The molecule has 0 radical (unpaired) electrons. The topological polar surface area (TPSA) is 87.7 Å². The molecule has 114 valence electrons. The van der Waals surface area contributed by atoms with Crippen LogP contribution in [-0.4, -0.2) is 28.5 Å². The number of nitrogens with zero attached hydrogens (tertiary/aromatic N) is 1. The molecule has 5 nitrogen and oxygen atoms in total. The van der Waals surface area contributed by atoms with Crippen molar-refractivity contribution >= 4 is 29.2 Å². The second-order valence-electron chi connectivity index (χ2n) is 4.99. The van der Waals surface area contributed by atoms with E-state index in [-0.39, 0.29) is 23.0 Å². The Hall–Kier alpha value is -1.76. The van der Waals surface area contributed by atoms with E-state index in [0.29, 0.717) is 12.3 Å². The maximum absolute atomic E-state index is 13.9. The molecule has 0 spiro atoms. The summed E-state index contributed by atoms with van der Waals surface area (Å²) in [5, 5.41) is 13.9. The van der Waals surface area contributed by atoms with Crippen LogP contribution in [0.5, 0.6) is 0 Å². The molecule has 7 heteroatoms. The molecule has 0 saturated carbocycles. The van der Waals surface area contributed by atoms with Crippen molar-refractivity contribution < 1.29 is 14.4 Å². The third-order valence-electron chi connectivity index (χ3n) is 3.46. The van der Waals surface area contributed by atoms with Crippen molar-refractivity contribution in [2.24, 2.45) is 16.8 Å². The van der Waals surface area contributed by atoms with E-state index in [0.717, 1.165) is 30.4 Å². The zero-order valence-electron chi connectivity index (χ0n) is 11.5. The minimum atomic E-state index is -0.605. The van der Waals surface area contributed by atoms with Crippen molar-refractivity contribution in [2.45, 2.75) is 19.3 Å². The number of thioether (sulfide) groups is 1. The predicted octanol–water partition coefficient (Wildman–Crippen LogP) is 2.39. The average molecular weight is 311 g/mol. The Morgan fingerprint density at radius 1 is 1.48 bits per heavy atom. The predicted molar refractivity (Wildman–Crippen MR) is 82.2 cm³/mol. The number of carbonyl (C=O) groups excluding carboxylic acids is 1. The molecule has 1 amide bonds. The number of benzene rings is 1. The fourth-order valence-corrected chi connectivity index (χ4v) is 3.45. The number of halogens is 1. The van der Waals surface area contributed by atoms with E-state index in [1.54, 1.807) is 0 Å². The summed E-state index contributed by atoms with van der Waals surface area (Å²) in [5.74, 6) is 1.59. The molecule has 0 bridgehead atoms. The minimum Gasteiger partial charge on any atom is -0.409 e. The van der Waals surface area contributed by atoms with Crippen LogP contribution in [-0.2, 0) is 4.79 Å². The SMILES string of the molecule is N/C(=N/O)c1ccc(NC(=O)CC2CCSCC2)c(F)c1. The molecule has 1 aromatic rings. The summed E-state index contributed by atoms with van der Waals surface area (Å²) in [4.78, 5) is 11.9. The molecule has 1 saturated heterocycles. The van der Waals surface area contributed by atoms with Crippen LogP contribution < -0.4 is 11.1 Å². The maximum atomic E-state index is 13.9. The molecule has 21 heavy (non-hydrogen) atoms. The molecule has 1 aliphatic heterocycles. The summed E-state index contributed by atoms with van der Waals surface area (Å²) in [7, 11) is 0. The van der Waals surface area contributed by atoms with Crippen LogP contribution in [0.3, 0.4) is 0 Å².